The van der Waals surface area contributed by atoms with Crippen molar-refractivity contribution in [2.24, 2.45) is 5.92 Å². The minimum atomic E-state index is -2.53. The zero-order chi connectivity index (χ0) is 31.9. The summed E-state index contributed by atoms with van der Waals surface area (Å²) in [5.74, 6) is 1.22. The van der Waals surface area contributed by atoms with Crippen molar-refractivity contribution in [3.8, 4) is 5.75 Å². The molecule has 0 bridgehead atoms. The minimum absolute atomic E-state index is 0.342. The Balaban J connectivity index is 1.19. The van der Waals surface area contributed by atoms with E-state index in [2.05, 4.69) is 98.8 Å². The quantitative estimate of drug-likeness (QED) is 0.0966. The molecule has 0 spiro atoms. The van der Waals surface area contributed by atoms with Gasteiger partial charge in [0, 0.05) is 10.4 Å². The van der Waals surface area contributed by atoms with E-state index in [9.17, 15) is 0 Å². The summed E-state index contributed by atoms with van der Waals surface area (Å²) in [6.07, 6.45) is 0. The molecule has 6 heteroatoms. The van der Waals surface area contributed by atoms with E-state index in [-0.39, 0.29) is 5.38 Å². The third-order valence-corrected chi connectivity index (χ3v) is 13.5. The molecule has 6 rings (SSSR count). The summed E-state index contributed by atoms with van der Waals surface area (Å²) in [6, 6.07) is 48.7. The fraction of sp³-hybridized carbons (Fsp3) is 0.175. The predicted octanol–water partition coefficient (Wildman–Crippen LogP) is 9.73. The van der Waals surface area contributed by atoms with Crippen LogP contribution < -0.4 is 15.1 Å². The molecule has 1 unspecified atom stereocenters. The molecule has 0 radical (unpaired) electrons. The Hall–Kier alpha value is -3.93. The fourth-order valence-electron chi connectivity index (χ4n) is 5.99. The van der Waals surface area contributed by atoms with Gasteiger partial charge < -0.3 is 9.16 Å². The molecule has 0 aliphatic heterocycles. The topological polar surface area (TPSA) is 31.4 Å². The van der Waals surface area contributed by atoms with Crippen LogP contribution in [0.15, 0.2) is 140 Å². The maximum Gasteiger partial charge on any atom is 0.256 e. The lowest BCUT2D eigenvalue weighted by atomic mass is 10.0. The van der Waals surface area contributed by atoms with Crippen LogP contribution in [0.25, 0.3) is 10.9 Å². The molecule has 0 amide bonds. The van der Waals surface area contributed by atoms with Crippen LogP contribution in [0.3, 0.4) is 0 Å². The molecule has 46 heavy (non-hydrogen) atoms. The van der Waals surface area contributed by atoms with Gasteiger partial charge in [-0.3, -0.25) is 0 Å². The summed E-state index contributed by atoms with van der Waals surface area (Å²) < 4.78 is 13.3. The minimum Gasteiger partial charge on any atom is -0.487 e. The number of fused-ring (bicyclic) bond motifs is 1. The van der Waals surface area contributed by atoms with Crippen molar-refractivity contribution in [1.29, 1.82) is 0 Å². The Morgan fingerprint density at radius 1 is 0.674 bits per heavy atom. The van der Waals surface area contributed by atoms with Crippen molar-refractivity contribution in [3.63, 3.8) is 0 Å². The zero-order valence-corrected chi connectivity index (χ0v) is 28.6. The summed E-state index contributed by atoms with van der Waals surface area (Å²) in [5, 5.41) is 3.95. The molecule has 0 fully saturated rings. The van der Waals surface area contributed by atoms with Gasteiger partial charge in [-0.25, -0.2) is 4.98 Å². The van der Waals surface area contributed by atoms with Crippen LogP contribution in [0, 0.1) is 5.92 Å². The fourth-order valence-corrected chi connectivity index (χ4v) is 10.7. The zero-order valence-electron chi connectivity index (χ0n) is 26.1. The molecule has 232 valence electrons. The number of aromatic nitrogens is 1. The van der Waals surface area contributed by atoms with Crippen LogP contribution >= 0.6 is 23.2 Å². The van der Waals surface area contributed by atoms with E-state index >= 15 is 0 Å². The van der Waals surface area contributed by atoms with E-state index in [0.717, 1.165) is 45.1 Å². The smallest absolute Gasteiger partial charge is 0.256 e. The van der Waals surface area contributed by atoms with Gasteiger partial charge in [0.2, 0.25) is 0 Å². The Kier molecular flexibility index (Phi) is 10.2. The summed E-state index contributed by atoms with van der Waals surface area (Å²) >= 11 is 13.3. The SMILES string of the molecule is CC(C)C[Si](OCc1cccc(C(Cl)c2cccc(OCc3ccc4ccc(Cl)cc4n3)c2)c1)(c1ccccc1)c1ccccc1. The van der Waals surface area contributed by atoms with Crippen molar-refractivity contribution >= 4 is 52.8 Å². The molecule has 0 N–H and O–H groups in total. The largest absolute Gasteiger partial charge is 0.487 e. The van der Waals surface area contributed by atoms with E-state index in [1.54, 1.807) is 0 Å². The first kappa shape index (κ1) is 32.0. The number of halogens is 2. The average molecular weight is 663 g/mol. The Morgan fingerprint density at radius 3 is 2.02 bits per heavy atom. The van der Waals surface area contributed by atoms with Gasteiger partial charge >= 0.3 is 0 Å². The number of hydrogen-bond donors (Lipinski definition) is 0. The highest BCUT2D eigenvalue weighted by Crippen LogP contribution is 2.32. The van der Waals surface area contributed by atoms with Crippen molar-refractivity contribution in [3.05, 3.63) is 167 Å². The Morgan fingerprint density at radius 2 is 1.33 bits per heavy atom. The van der Waals surface area contributed by atoms with Crippen LogP contribution in [0.2, 0.25) is 11.1 Å². The third-order valence-electron chi connectivity index (χ3n) is 8.15. The second kappa shape index (κ2) is 14.7. The van der Waals surface area contributed by atoms with Gasteiger partial charge in [-0.15, -0.1) is 11.6 Å². The first-order valence-corrected chi connectivity index (χ1v) is 18.6. The molecular weight excluding hydrogens is 625 g/mol. The van der Waals surface area contributed by atoms with E-state index < -0.39 is 8.32 Å². The number of ether oxygens (including phenoxy) is 1. The Labute approximate surface area is 282 Å². The van der Waals surface area contributed by atoms with Crippen LogP contribution in [0.1, 0.15) is 41.6 Å². The van der Waals surface area contributed by atoms with Crippen LogP contribution in [-0.2, 0) is 17.6 Å². The normalized spacial score (nSPS) is 12.4. The third kappa shape index (κ3) is 7.54. The first-order chi connectivity index (χ1) is 22.4. The molecule has 1 aromatic heterocycles. The number of alkyl halides is 1. The van der Waals surface area contributed by atoms with E-state index in [1.807, 2.05) is 54.6 Å². The van der Waals surface area contributed by atoms with Crippen LogP contribution in [-0.4, -0.2) is 13.3 Å². The molecule has 0 aliphatic carbocycles. The highest BCUT2D eigenvalue weighted by Gasteiger charge is 2.40. The highest BCUT2D eigenvalue weighted by molar-refractivity contribution is 6.97. The molecule has 6 aromatic rings. The average Bonchev–Trinajstić information content (AvgIpc) is 3.09. The summed E-state index contributed by atoms with van der Waals surface area (Å²) in [4.78, 5) is 4.71. The van der Waals surface area contributed by atoms with Crippen LogP contribution in [0.5, 0.6) is 5.75 Å². The van der Waals surface area contributed by atoms with Gasteiger partial charge in [-0.05, 0) is 69.4 Å². The van der Waals surface area contributed by atoms with Crippen molar-refractivity contribution < 1.29 is 9.16 Å². The molecular formula is C40H37Cl2NO2Si. The molecule has 1 heterocycles. The van der Waals surface area contributed by atoms with Gasteiger partial charge in [0.15, 0.2) is 0 Å². The molecule has 0 aliphatic rings. The number of nitrogens with zero attached hydrogens (tertiary/aromatic N) is 1. The number of hydrogen-bond acceptors (Lipinski definition) is 3. The van der Waals surface area contributed by atoms with E-state index in [0.29, 0.717) is 24.2 Å². The summed E-state index contributed by atoms with van der Waals surface area (Å²) in [7, 11) is -2.53. The lowest BCUT2D eigenvalue weighted by Crippen LogP contribution is -2.61. The predicted molar refractivity (Wildman–Crippen MR) is 194 cm³/mol. The summed E-state index contributed by atoms with van der Waals surface area (Å²) in [6.45, 7) is 5.41. The van der Waals surface area contributed by atoms with Gasteiger partial charge in [-0.2, -0.15) is 0 Å². The maximum absolute atomic E-state index is 7.13. The van der Waals surface area contributed by atoms with Gasteiger partial charge in [-0.1, -0.05) is 135 Å². The maximum atomic E-state index is 7.13. The second-order valence-electron chi connectivity index (χ2n) is 12.1. The van der Waals surface area contributed by atoms with E-state index in [1.165, 1.54) is 10.4 Å². The second-order valence-corrected chi connectivity index (χ2v) is 16.4. The Bertz CT molecular complexity index is 1860. The lowest BCUT2D eigenvalue weighted by Gasteiger charge is -2.34. The number of benzene rings is 5. The monoisotopic (exact) mass is 661 g/mol. The number of rotatable bonds is 12. The van der Waals surface area contributed by atoms with Crippen molar-refractivity contribution in [2.45, 2.75) is 38.5 Å². The molecule has 5 aromatic carbocycles. The summed E-state index contributed by atoms with van der Waals surface area (Å²) in [5.41, 5.74) is 4.77. The van der Waals surface area contributed by atoms with Crippen LogP contribution in [0.4, 0.5) is 0 Å². The first-order valence-electron chi connectivity index (χ1n) is 15.7. The van der Waals surface area contributed by atoms with E-state index in [4.69, 9.17) is 37.3 Å². The molecule has 3 nitrogen and oxygen atoms in total. The molecule has 0 saturated heterocycles. The number of pyridine rings is 1. The standard InChI is InChI=1S/C40H37Cl2NO2Si/c1-29(2)28-46(37-15-5-3-6-16-37,38-17-7-4-8-18-38)45-26-30-11-9-12-32(23-30)40(42)33-13-10-14-36(24-33)44-27-35-22-20-31-19-21-34(41)25-39(31)43-35/h3-25,29,40H,26-28H2,1-2H3. The van der Waals surface area contributed by atoms with Gasteiger partial charge in [0.25, 0.3) is 8.32 Å². The molecule has 0 saturated carbocycles. The van der Waals surface area contributed by atoms with Crippen molar-refractivity contribution in [2.75, 3.05) is 0 Å². The van der Waals surface area contributed by atoms with Gasteiger partial charge in [0.05, 0.1) is 23.2 Å². The van der Waals surface area contributed by atoms with Crippen molar-refractivity contribution in [1.82, 2.24) is 4.98 Å². The molecule has 1 atom stereocenters. The highest BCUT2D eigenvalue weighted by atomic mass is 35.5. The van der Waals surface area contributed by atoms with Gasteiger partial charge in [0.1, 0.15) is 12.4 Å². The lowest BCUT2D eigenvalue weighted by molar-refractivity contribution is 0.299.